The molecule has 2 aliphatic rings. The van der Waals surface area contributed by atoms with Crippen LogP contribution >= 0.6 is 11.8 Å². The van der Waals surface area contributed by atoms with Crippen LogP contribution in [0, 0.1) is 11.8 Å². The first-order chi connectivity index (χ1) is 9.31. The molecule has 1 aliphatic carbocycles. The molecule has 1 unspecified atom stereocenters. The zero-order valence-corrected chi connectivity index (χ0v) is 12.9. The summed E-state index contributed by atoms with van der Waals surface area (Å²) in [6.45, 7) is 4.88. The maximum Gasteiger partial charge on any atom is 0.0522 e. The molecule has 3 atom stereocenters. The lowest BCUT2D eigenvalue weighted by Crippen LogP contribution is -2.52. The SMILES string of the molecule is CCCN1CC(CSC)C[C@@H]2Cc3[nH]ncc3C[C@H]21. The van der Waals surface area contributed by atoms with Crippen LogP contribution in [-0.2, 0) is 12.8 Å². The van der Waals surface area contributed by atoms with Crippen LogP contribution in [0.4, 0.5) is 0 Å². The van der Waals surface area contributed by atoms with Crippen molar-refractivity contribution >= 4 is 11.8 Å². The third kappa shape index (κ3) is 2.70. The molecule has 19 heavy (non-hydrogen) atoms. The number of nitrogens with one attached hydrogen (secondary N) is 1. The van der Waals surface area contributed by atoms with Gasteiger partial charge in [-0.05, 0) is 61.6 Å². The summed E-state index contributed by atoms with van der Waals surface area (Å²) >= 11 is 2.01. The van der Waals surface area contributed by atoms with E-state index in [0.717, 1.165) is 17.9 Å². The van der Waals surface area contributed by atoms with Crippen LogP contribution in [0.1, 0.15) is 31.0 Å². The number of hydrogen-bond acceptors (Lipinski definition) is 3. The van der Waals surface area contributed by atoms with Crippen LogP contribution in [0.5, 0.6) is 0 Å². The summed E-state index contributed by atoms with van der Waals surface area (Å²) in [5, 5.41) is 7.45. The van der Waals surface area contributed by atoms with E-state index >= 15 is 0 Å². The highest BCUT2D eigenvalue weighted by atomic mass is 32.2. The van der Waals surface area contributed by atoms with Gasteiger partial charge in [0.1, 0.15) is 0 Å². The lowest BCUT2D eigenvalue weighted by atomic mass is 9.75. The highest BCUT2D eigenvalue weighted by Gasteiger charge is 2.39. The summed E-state index contributed by atoms with van der Waals surface area (Å²) in [5.41, 5.74) is 2.87. The van der Waals surface area contributed by atoms with Crippen molar-refractivity contribution < 1.29 is 0 Å². The van der Waals surface area contributed by atoms with Gasteiger partial charge in [-0.15, -0.1) is 0 Å². The molecule has 0 amide bonds. The zero-order valence-electron chi connectivity index (χ0n) is 12.1. The number of fused-ring (bicyclic) bond motifs is 2. The van der Waals surface area contributed by atoms with Crippen LogP contribution < -0.4 is 0 Å². The summed E-state index contributed by atoms with van der Waals surface area (Å²) in [4.78, 5) is 2.77. The average Bonchev–Trinajstić information content (AvgIpc) is 2.84. The van der Waals surface area contributed by atoms with Crippen LogP contribution in [0.15, 0.2) is 6.20 Å². The van der Waals surface area contributed by atoms with Gasteiger partial charge in [0.2, 0.25) is 0 Å². The lowest BCUT2D eigenvalue weighted by molar-refractivity contribution is 0.0558. The van der Waals surface area contributed by atoms with E-state index in [1.165, 1.54) is 55.8 Å². The van der Waals surface area contributed by atoms with Gasteiger partial charge in [0.25, 0.3) is 0 Å². The molecule has 3 rings (SSSR count). The van der Waals surface area contributed by atoms with Gasteiger partial charge in [-0.3, -0.25) is 10.00 Å². The molecule has 0 aromatic carbocycles. The highest BCUT2D eigenvalue weighted by Crippen LogP contribution is 2.37. The Morgan fingerprint density at radius 3 is 3.16 bits per heavy atom. The minimum Gasteiger partial charge on any atom is -0.299 e. The second kappa shape index (κ2) is 5.88. The number of piperidine rings is 1. The van der Waals surface area contributed by atoms with E-state index < -0.39 is 0 Å². The van der Waals surface area contributed by atoms with E-state index in [1.807, 2.05) is 18.0 Å². The normalized spacial score (nSPS) is 30.9. The smallest absolute Gasteiger partial charge is 0.0522 e. The number of hydrogen-bond donors (Lipinski definition) is 1. The van der Waals surface area contributed by atoms with Gasteiger partial charge in [-0.1, -0.05) is 6.92 Å². The first-order valence-electron chi connectivity index (χ1n) is 7.56. The molecule has 3 nitrogen and oxygen atoms in total. The largest absolute Gasteiger partial charge is 0.299 e. The van der Waals surface area contributed by atoms with Crippen molar-refractivity contribution in [1.82, 2.24) is 15.1 Å². The minimum atomic E-state index is 0.767. The second-order valence-corrected chi connectivity index (χ2v) is 7.07. The van der Waals surface area contributed by atoms with Crippen LogP contribution in [0.25, 0.3) is 0 Å². The van der Waals surface area contributed by atoms with Gasteiger partial charge < -0.3 is 0 Å². The standard InChI is InChI=1S/C15H25N3S/c1-3-4-18-9-11(10-19-2)5-12-6-14-13(7-15(12)18)8-16-17-14/h8,11-12,15H,3-7,9-10H2,1-2H3,(H,16,17)/t11?,12-,15-/m1/s1. The Morgan fingerprint density at radius 2 is 2.37 bits per heavy atom. The average molecular weight is 279 g/mol. The monoisotopic (exact) mass is 279 g/mol. The Hall–Kier alpha value is -0.480. The topological polar surface area (TPSA) is 31.9 Å². The summed E-state index contributed by atoms with van der Waals surface area (Å²) in [5.74, 6) is 3.04. The molecule has 2 heterocycles. The predicted molar refractivity (Wildman–Crippen MR) is 81.6 cm³/mol. The molecule has 106 valence electrons. The molecule has 0 spiro atoms. The quantitative estimate of drug-likeness (QED) is 0.919. The highest BCUT2D eigenvalue weighted by molar-refractivity contribution is 7.98. The van der Waals surface area contributed by atoms with E-state index in [2.05, 4.69) is 28.3 Å². The maximum absolute atomic E-state index is 4.24. The fourth-order valence-electron chi connectivity index (χ4n) is 4.02. The Kier molecular flexibility index (Phi) is 4.18. The van der Waals surface area contributed by atoms with Crippen molar-refractivity contribution in [3.05, 3.63) is 17.5 Å². The Bertz CT molecular complexity index is 417. The molecular weight excluding hydrogens is 254 g/mol. The molecule has 1 N–H and O–H groups in total. The van der Waals surface area contributed by atoms with E-state index in [-0.39, 0.29) is 0 Å². The molecule has 1 aromatic rings. The fourth-order valence-corrected chi connectivity index (χ4v) is 4.73. The van der Waals surface area contributed by atoms with Crippen molar-refractivity contribution in [3.8, 4) is 0 Å². The van der Waals surface area contributed by atoms with Gasteiger partial charge in [0, 0.05) is 18.3 Å². The molecule has 1 saturated heterocycles. The number of rotatable bonds is 4. The van der Waals surface area contributed by atoms with Gasteiger partial charge in [-0.25, -0.2) is 0 Å². The molecule has 0 radical (unpaired) electrons. The number of nitrogens with zero attached hydrogens (tertiary/aromatic N) is 2. The third-order valence-electron chi connectivity index (χ3n) is 4.76. The third-order valence-corrected chi connectivity index (χ3v) is 5.56. The van der Waals surface area contributed by atoms with Crippen molar-refractivity contribution in [1.29, 1.82) is 0 Å². The molecular formula is C15H25N3S. The van der Waals surface area contributed by atoms with Crippen molar-refractivity contribution in [2.24, 2.45) is 11.8 Å². The van der Waals surface area contributed by atoms with E-state index in [4.69, 9.17) is 0 Å². The van der Waals surface area contributed by atoms with E-state index in [0.29, 0.717) is 0 Å². The van der Waals surface area contributed by atoms with Crippen molar-refractivity contribution in [2.45, 2.75) is 38.6 Å². The summed E-state index contributed by atoms with van der Waals surface area (Å²) in [6.07, 6.45) is 9.39. The molecule has 1 aromatic heterocycles. The van der Waals surface area contributed by atoms with Crippen molar-refractivity contribution in [3.63, 3.8) is 0 Å². The first-order valence-corrected chi connectivity index (χ1v) is 8.95. The molecule has 0 bridgehead atoms. The first kappa shape index (κ1) is 13.5. The zero-order chi connectivity index (χ0) is 13.2. The lowest BCUT2D eigenvalue weighted by Gasteiger charge is -2.47. The Labute approximate surface area is 120 Å². The number of H-pyrrole nitrogens is 1. The number of thioether (sulfide) groups is 1. The van der Waals surface area contributed by atoms with Gasteiger partial charge in [0.15, 0.2) is 0 Å². The number of likely N-dealkylation sites (tertiary alicyclic amines) is 1. The fraction of sp³-hybridized carbons (Fsp3) is 0.800. The van der Waals surface area contributed by atoms with Crippen LogP contribution in [0.2, 0.25) is 0 Å². The predicted octanol–water partition coefficient (Wildman–Crippen LogP) is 2.59. The molecule has 4 heteroatoms. The van der Waals surface area contributed by atoms with Gasteiger partial charge >= 0.3 is 0 Å². The summed E-state index contributed by atoms with van der Waals surface area (Å²) < 4.78 is 0. The van der Waals surface area contributed by atoms with Gasteiger partial charge in [0.05, 0.1) is 6.20 Å². The molecule has 1 aliphatic heterocycles. The number of aromatic nitrogens is 2. The van der Waals surface area contributed by atoms with E-state index in [9.17, 15) is 0 Å². The van der Waals surface area contributed by atoms with Crippen molar-refractivity contribution in [2.75, 3.05) is 25.1 Å². The minimum absolute atomic E-state index is 0.767. The molecule has 1 fully saturated rings. The number of aromatic amines is 1. The van der Waals surface area contributed by atoms with Gasteiger partial charge in [-0.2, -0.15) is 16.9 Å². The Morgan fingerprint density at radius 1 is 1.47 bits per heavy atom. The maximum atomic E-state index is 4.24. The van der Waals surface area contributed by atoms with Crippen LogP contribution in [0.3, 0.4) is 0 Å². The summed E-state index contributed by atoms with van der Waals surface area (Å²) in [6, 6.07) is 0.767. The van der Waals surface area contributed by atoms with Crippen LogP contribution in [-0.4, -0.2) is 46.2 Å². The Balaban J connectivity index is 1.78. The molecule has 0 saturated carbocycles. The second-order valence-electron chi connectivity index (χ2n) is 6.16. The van der Waals surface area contributed by atoms with E-state index in [1.54, 1.807) is 0 Å². The summed E-state index contributed by atoms with van der Waals surface area (Å²) in [7, 11) is 0.